The highest BCUT2D eigenvalue weighted by Gasteiger charge is 2.22. The Morgan fingerprint density at radius 2 is 2.20 bits per heavy atom. The number of amides is 1. The third-order valence-corrected chi connectivity index (χ3v) is 4.12. The van der Waals surface area contributed by atoms with Gasteiger partial charge in [0.2, 0.25) is 0 Å². The zero-order valence-corrected chi connectivity index (χ0v) is 12.3. The van der Waals surface area contributed by atoms with Gasteiger partial charge >= 0.3 is 0 Å². The molecule has 1 aliphatic rings. The zero-order chi connectivity index (χ0) is 14.5. The second kappa shape index (κ2) is 6.64. The van der Waals surface area contributed by atoms with E-state index in [1.807, 2.05) is 0 Å². The summed E-state index contributed by atoms with van der Waals surface area (Å²) >= 11 is 0. The molecule has 110 valence electrons. The molecule has 2 unspecified atom stereocenters. The molecule has 1 aromatic carbocycles. The fraction of sp³-hybridized carbons (Fsp3) is 0.562. The van der Waals surface area contributed by atoms with Crippen molar-refractivity contribution >= 4 is 11.6 Å². The first-order valence-electron chi connectivity index (χ1n) is 7.37. The Kier molecular flexibility index (Phi) is 4.88. The van der Waals surface area contributed by atoms with Crippen LogP contribution in [0.1, 0.15) is 49.4 Å². The van der Waals surface area contributed by atoms with Crippen molar-refractivity contribution in [1.82, 2.24) is 5.32 Å². The average Bonchev–Trinajstić information content (AvgIpc) is 2.46. The van der Waals surface area contributed by atoms with Crippen molar-refractivity contribution in [3.8, 4) is 5.75 Å². The minimum absolute atomic E-state index is 0.0580. The first-order valence-corrected chi connectivity index (χ1v) is 7.37. The zero-order valence-electron chi connectivity index (χ0n) is 12.3. The number of carbonyl (C=O) groups is 1. The lowest BCUT2D eigenvalue weighted by atomic mass is 9.84. The summed E-state index contributed by atoms with van der Waals surface area (Å²) < 4.78 is 5.15. The van der Waals surface area contributed by atoms with Crippen LogP contribution in [-0.2, 0) is 0 Å². The van der Waals surface area contributed by atoms with Gasteiger partial charge in [-0.1, -0.05) is 26.2 Å². The van der Waals surface area contributed by atoms with Crippen LogP contribution in [0.4, 0.5) is 5.69 Å². The average molecular weight is 276 g/mol. The predicted molar refractivity (Wildman–Crippen MR) is 80.9 cm³/mol. The molecule has 0 aromatic heterocycles. The summed E-state index contributed by atoms with van der Waals surface area (Å²) in [5, 5.41) is 3.13. The highest BCUT2D eigenvalue weighted by atomic mass is 16.5. The van der Waals surface area contributed by atoms with Crippen LogP contribution in [-0.4, -0.2) is 19.1 Å². The second-order valence-electron chi connectivity index (χ2n) is 5.61. The molecule has 0 heterocycles. The molecule has 1 amide bonds. The van der Waals surface area contributed by atoms with Gasteiger partial charge in [0.1, 0.15) is 5.75 Å². The van der Waals surface area contributed by atoms with Gasteiger partial charge < -0.3 is 15.8 Å². The molecule has 2 rings (SSSR count). The molecule has 0 radical (unpaired) electrons. The minimum atomic E-state index is -0.0580. The molecule has 1 fully saturated rings. The van der Waals surface area contributed by atoms with Gasteiger partial charge in [0.15, 0.2) is 0 Å². The molecular weight excluding hydrogens is 252 g/mol. The molecule has 0 spiro atoms. The van der Waals surface area contributed by atoms with Gasteiger partial charge in [0, 0.05) is 23.4 Å². The van der Waals surface area contributed by atoms with E-state index >= 15 is 0 Å². The summed E-state index contributed by atoms with van der Waals surface area (Å²) in [5.74, 6) is 1.30. The molecule has 1 aromatic rings. The SMILES string of the molecule is CCC1CCCC(NC(=O)c2cc(N)cc(OC)c2)C1. The number of hydrogen-bond acceptors (Lipinski definition) is 3. The van der Waals surface area contributed by atoms with Crippen LogP contribution in [0.15, 0.2) is 18.2 Å². The molecule has 0 saturated heterocycles. The molecule has 20 heavy (non-hydrogen) atoms. The smallest absolute Gasteiger partial charge is 0.251 e. The molecule has 1 aliphatic carbocycles. The van der Waals surface area contributed by atoms with E-state index < -0.39 is 0 Å². The van der Waals surface area contributed by atoms with Crippen molar-refractivity contribution in [1.29, 1.82) is 0 Å². The summed E-state index contributed by atoms with van der Waals surface area (Å²) in [6.07, 6.45) is 5.83. The van der Waals surface area contributed by atoms with E-state index in [1.165, 1.54) is 19.3 Å². The molecule has 0 bridgehead atoms. The lowest BCUT2D eigenvalue weighted by Crippen LogP contribution is -2.38. The van der Waals surface area contributed by atoms with Crippen molar-refractivity contribution in [2.24, 2.45) is 5.92 Å². The summed E-state index contributed by atoms with van der Waals surface area (Å²) in [5.41, 5.74) is 6.91. The highest BCUT2D eigenvalue weighted by Crippen LogP contribution is 2.27. The van der Waals surface area contributed by atoms with E-state index in [1.54, 1.807) is 25.3 Å². The van der Waals surface area contributed by atoms with Crippen LogP contribution in [0.3, 0.4) is 0 Å². The number of nitrogens with two attached hydrogens (primary N) is 1. The van der Waals surface area contributed by atoms with Crippen molar-refractivity contribution in [3.05, 3.63) is 23.8 Å². The Balaban J connectivity index is 2.02. The number of carbonyl (C=O) groups excluding carboxylic acids is 1. The van der Waals surface area contributed by atoms with Gasteiger partial charge in [-0.2, -0.15) is 0 Å². The number of rotatable bonds is 4. The van der Waals surface area contributed by atoms with E-state index in [9.17, 15) is 4.79 Å². The summed E-state index contributed by atoms with van der Waals surface area (Å²) in [4.78, 5) is 12.3. The maximum atomic E-state index is 12.3. The van der Waals surface area contributed by atoms with E-state index in [0.29, 0.717) is 17.0 Å². The Morgan fingerprint density at radius 3 is 2.90 bits per heavy atom. The quantitative estimate of drug-likeness (QED) is 0.831. The van der Waals surface area contributed by atoms with E-state index in [0.717, 1.165) is 18.8 Å². The maximum absolute atomic E-state index is 12.3. The lowest BCUT2D eigenvalue weighted by molar-refractivity contribution is 0.0919. The Bertz CT molecular complexity index is 474. The van der Waals surface area contributed by atoms with Crippen LogP contribution >= 0.6 is 0 Å². The molecule has 1 saturated carbocycles. The Morgan fingerprint density at radius 1 is 1.40 bits per heavy atom. The van der Waals surface area contributed by atoms with Gasteiger partial charge in [-0.15, -0.1) is 0 Å². The molecule has 3 N–H and O–H groups in total. The Labute approximate surface area is 120 Å². The number of anilines is 1. The first kappa shape index (κ1) is 14.7. The molecule has 4 heteroatoms. The van der Waals surface area contributed by atoms with Gasteiger partial charge in [-0.3, -0.25) is 4.79 Å². The van der Waals surface area contributed by atoms with Gasteiger partial charge in [0.25, 0.3) is 5.91 Å². The van der Waals surface area contributed by atoms with E-state index in [-0.39, 0.29) is 11.9 Å². The number of benzene rings is 1. The number of hydrogen-bond donors (Lipinski definition) is 2. The standard InChI is InChI=1S/C16H24N2O2/c1-3-11-5-4-6-14(7-11)18-16(19)12-8-13(17)10-15(9-12)20-2/h8-11,14H,3-7,17H2,1-2H3,(H,18,19). The normalized spacial score (nSPS) is 22.3. The van der Waals surface area contributed by atoms with E-state index in [2.05, 4.69) is 12.2 Å². The van der Waals surface area contributed by atoms with Gasteiger partial charge in [-0.25, -0.2) is 0 Å². The summed E-state index contributed by atoms with van der Waals surface area (Å²) in [6.45, 7) is 2.22. The molecule has 0 aliphatic heterocycles. The topological polar surface area (TPSA) is 64.4 Å². The number of methoxy groups -OCH3 is 1. The fourth-order valence-electron chi connectivity index (χ4n) is 2.93. The molecular formula is C16H24N2O2. The van der Waals surface area contributed by atoms with Crippen LogP contribution in [0.2, 0.25) is 0 Å². The third-order valence-electron chi connectivity index (χ3n) is 4.12. The van der Waals surface area contributed by atoms with Crippen LogP contribution < -0.4 is 15.8 Å². The fourth-order valence-corrected chi connectivity index (χ4v) is 2.93. The minimum Gasteiger partial charge on any atom is -0.497 e. The van der Waals surface area contributed by atoms with Gasteiger partial charge in [-0.05, 0) is 30.9 Å². The first-order chi connectivity index (χ1) is 9.62. The summed E-state index contributed by atoms with van der Waals surface area (Å²) in [7, 11) is 1.57. The number of ether oxygens (including phenoxy) is 1. The van der Waals surface area contributed by atoms with Crippen molar-refractivity contribution in [2.45, 2.75) is 45.1 Å². The third kappa shape index (κ3) is 3.65. The summed E-state index contributed by atoms with van der Waals surface area (Å²) in [6, 6.07) is 5.42. The van der Waals surface area contributed by atoms with E-state index in [4.69, 9.17) is 10.5 Å². The maximum Gasteiger partial charge on any atom is 0.251 e. The predicted octanol–water partition coefficient (Wildman–Crippen LogP) is 2.98. The molecule has 2 atom stereocenters. The Hall–Kier alpha value is -1.71. The lowest BCUT2D eigenvalue weighted by Gasteiger charge is -2.29. The second-order valence-corrected chi connectivity index (χ2v) is 5.61. The molecule has 4 nitrogen and oxygen atoms in total. The number of nitrogens with one attached hydrogen (secondary N) is 1. The van der Waals surface area contributed by atoms with Crippen molar-refractivity contribution in [3.63, 3.8) is 0 Å². The van der Waals surface area contributed by atoms with Crippen molar-refractivity contribution in [2.75, 3.05) is 12.8 Å². The van der Waals surface area contributed by atoms with Crippen LogP contribution in [0.5, 0.6) is 5.75 Å². The van der Waals surface area contributed by atoms with Crippen LogP contribution in [0.25, 0.3) is 0 Å². The number of nitrogen functional groups attached to an aromatic ring is 1. The highest BCUT2D eigenvalue weighted by molar-refractivity contribution is 5.95. The monoisotopic (exact) mass is 276 g/mol. The van der Waals surface area contributed by atoms with Crippen molar-refractivity contribution < 1.29 is 9.53 Å². The van der Waals surface area contributed by atoms with Gasteiger partial charge in [0.05, 0.1) is 7.11 Å². The van der Waals surface area contributed by atoms with Crippen LogP contribution in [0, 0.1) is 5.92 Å². The largest absolute Gasteiger partial charge is 0.497 e.